The average molecular weight is 361 g/mol. The molecule has 0 saturated heterocycles. The van der Waals surface area contributed by atoms with Crippen molar-refractivity contribution in [3.05, 3.63) is 66.5 Å². The number of anilines is 1. The third kappa shape index (κ3) is 3.52. The summed E-state index contributed by atoms with van der Waals surface area (Å²) < 4.78 is 8.91. The van der Waals surface area contributed by atoms with Crippen LogP contribution >= 0.6 is 0 Å². The summed E-state index contributed by atoms with van der Waals surface area (Å²) in [6.07, 6.45) is 3.19. The van der Waals surface area contributed by atoms with Gasteiger partial charge in [0.05, 0.1) is 11.2 Å². The number of ether oxygens (including phenoxy) is 1. The molecule has 7 heteroatoms. The van der Waals surface area contributed by atoms with E-state index < -0.39 is 6.09 Å². The molecule has 0 radical (unpaired) electrons. The zero-order valence-corrected chi connectivity index (χ0v) is 15.1. The zero-order chi connectivity index (χ0) is 18.8. The SMILES string of the molecule is Cn1ccc(NC(=O)OCc2ccc(-c3cccc4nnn(C)c34)cc2)c1. The third-order valence-electron chi connectivity index (χ3n) is 4.34. The topological polar surface area (TPSA) is 74.0 Å². The second-order valence-corrected chi connectivity index (χ2v) is 6.35. The summed E-state index contributed by atoms with van der Waals surface area (Å²) >= 11 is 0. The van der Waals surface area contributed by atoms with Crippen LogP contribution in [0.4, 0.5) is 10.5 Å². The minimum atomic E-state index is -0.476. The van der Waals surface area contributed by atoms with Gasteiger partial charge in [-0.1, -0.05) is 41.6 Å². The molecule has 7 nitrogen and oxygen atoms in total. The Labute approximate surface area is 156 Å². The van der Waals surface area contributed by atoms with Gasteiger partial charge >= 0.3 is 6.09 Å². The van der Waals surface area contributed by atoms with Gasteiger partial charge in [0.2, 0.25) is 0 Å². The standard InChI is InChI=1S/C20H19N5O2/c1-24-11-10-16(12-24)21-20(26)27-13-14-6-8-15(9-7-14)17-4-3-5-18-19(17)25(2)23-22-18/h3-12H,13H2,1-2H3,(H,21,26). The van der Waals surface area contributed by atoms with Crippen molar-refractivity contribution in [2.45, 2.75) is 6.61 Å². The number of rotatable bonds is 4. The maximum Gasteiger partial charge on any atom is 0.412 e. The third-order valence-corrected chi connectivity index (χ3v) is 4.34. The Kier molecular flexibility index (Phi) is 4.33. The summed E-state index contributed by atoms with van der Waals surface area (Å²) in [5, 5.41) is 10.9. The fourth-order valence-corrected chi connectivity index (χ4v) is 3.01. The molecule has 4 rings (SSSR count). The lowest BCUT2D eigenvalue weighted by atomic mass is 10.0. The van der Waals surface area contributed by atoms with Gasteiger partial charge < -0.3 is 9.30 Å². The maximum absolute atomic E-state index is 11.9. The lowest BCUT2D eigenvalue weighted by molar-refractivity contribution is 0.155. The van der Waals surface area contributed by atoms with Crippen molar-refractivity contribution in [2.75, 3.05) is 5.32 Å². The van der Waals surface area contributed by atoms with Crippen molar-refractivity contribution in [2.24, 2.45) is 14.1 Å². The van der Waals surface area contributed by atoms with E-state index in [1.54, 1.807) is 4.68 Å². The molecule has 0 unspecified atom stereocenters. The average Bonchev–Trinajstić information content (AvgIpc) is 3.26. The Balaban J connectivity index is 1.44. The molecule has 2 aromatic carbocycles. The maximum atomic E-state index is 11.9. The van der Waals surface area contributed by atoms with E-state index in [2.05, 4.69) is 15.6 Å². The van der Waals surface area contributed by atoms with Gasteiger partial charge in [0.25, 0.3) is 0 Å². The summed E-state index contributed by atoms with van der Waals surface area (Å²) in [5.41, 5.74) is 5.59. The second-order valence-electron chi connectivity index (χ2n) is 6.35. The largest absolute Gasteiger partial charge is 0.444 e. The van der Waals surface area contributed by atoms with Crippen molar-refractivity contribution in [3.63, 3.8) is 0 Å². The Morgan fingerprint density at radius 1 is 1.11 bits per heavy atom. The molecule has 2 heterocycles. The number of para-hydroxylation sites is 1. The van der Waals surface area contributed by atoms with E-state index in [1.165, 1.54) is 0 Å². The van der Waals surface area contributed by atoms with Crippen LogP contribution in [0.3, 0.4) is 0 Å². The highest BCUT2D eigenvalue weighted by molar-refractivity contribution is 5.91. The van der Waals surface area contributed by atoms with Crippen LogP contribution < -0.4 is 5.32 Å². The van der Waals surface area contributed by atoms with Crippen molar-refractivity contribution >= 4 is 22.8 Å². The van der Waals surface area contributed by atoms with Crippen LogP contribution in [0.5, 0.6) is 0 Å². The molecule has 27 heavy (non-hydrogen) atoms. The summed E-state index contributed by atoms with van der Waals surface area (Å²) in [4.78, 5) is 11.9. The van der Waals surface area contributed by atoms with Gasteiger partial charge in [-0.3, -0.25) is 5.32 Å². The van der Waals surface area contributed by atoms with Crippen LogP contribution in [0.1, 0.15) is 5.56 Å². The number of nitrogens with zero attached hydrogens (tertiary/aromatic N) is 4. The highest BCUT2D eigenvalue weighted by Gasteiger charge is 2.09. The van der Waals surface area contributed by atoms with E-state index in [0.717, 1.165) is 27.7 Å². The van der Waals surface area contributed by atoms with Crippen LogP contribution in [0.2, 0.25) is 0 Å². The Morgan fingerprint density at radius 2 is 1.93 bits per heavy atom. The smallest absolute Gasteiger partial charge is 0.412 e. The first-order valence-corrected chi connectivity index (χ1v) is 8.53. The molecule has 0 aliphatic heterocycles. The van der Waals surface area contributed by atoms with E-state index in [1.807, 2.05) is 79.6 Å². The molecular weight excluding hydrogens is 342 g/mol. The van der Waals surface area contributed by atoms with Crippen LogP contribution in [-0.2, 0) is 25.4 Å². The van der Waals surface area contributed by atoms with Gasteiger partial charge in [0.15, 0.2) is 0 Å². The highest BCUT2D eigenvalue weighted by atomic mass is 16.5. The summed E-state index contributed by atoms with van der Waals surface area (Å²) in [6, 6.07) is 15.7. The summed E-state index contributed by atoms with van der Waals surface area (Å²) in [7, 11) is 3.77. The number of carbonyl (C=O) groups excluding carboxylic acids is 1. The molecule has 1 amide bonds. The molecule has 0 aliphatic carbocycles. The molecule has 0 atom stereocenters. The van der Waals surface area contributed by atoms with E-state index >= 15 is 0 Å². The summed E-state index contributed by atoms with van der Waals surface area (Å²) in [5.74, 6) is 0. The first kappa shape index (κ1) is 16.8. The van der Waals surface area contributed by atoms with Crippen LogP contribution in [0.25, 0.3) is 22.2 Å². The Bertz CT molecular complexity index is 1100. The lowest BCUT2D eigenvalue weighted by Crippen LogP contribution is -2.13. The van der Waals surface area contributed by atoms with Gasteiger partial charge in [-0.2, -0.15) is 0 Å². The Morgan fingerprint density at radius 3 is 2.67 bits per heavy atom. The number of benzene rings is 2. The van der Waals surface area contributed by atoms with Crippen molar-refractivity contribution in [1.29, 1.82) is 0 Å². The molecule has 136 valence electrons. The van der Waals surface area contributed by atoms with Crippen LogP contribution in [0, 0.1) is 0 Å². The molecule has 0 fully saturated rings. The second kappa shape index (κ2) is 6.95. The fraction of sp³-hybridized carbons (Fsp3) is 0.150. The summed E-state index contributed by atoms with van der Waals surface area (Å²) in [6.45, 7) is 0.205. The number of aryl methyl sites for hydroxylation is 2. The Hall–Kier alpha value is -3.61. The molecule has 0 saturated carbocycles. The minimum absolute atomic E-state index is 0.205. The number of aromatic nitrogens is 4. The molecule has 2 aromatic heterocycles. The van der Waals surface area contributed by atoms with E-state index in [4.69, 9.17) is 4.74 Å². The number of hydrogen-bond acceptors (Lipinski definition) is 4. The number of hydrogen-bond donors (Lipinski definition) is 1. The normalized spacial score (nSPS) is 10.9. The zero-order valence-electron chi connectivity index (χ0n) is 15.1. The monoisotopic (exact) mass is 361 g/mol. The molecule has 0 bridgehead atoms. The van der Waals surface area contributed by atoms with Crippen molar-refractivity contribution < 1.29 is 9.53 Å². The van der Waals surface area contributed by atoms with E-state index in [-0.39, 0.29) is 6.61 Å². The minimum Gasteiger partial charge on any atom is -0.444 e. The van der Waals surface area contributed by atoms with Crippen molar-refractivity contribution in [3.8, 4) is 11.1 Å². The first-order valence-electron chi connectivity index (χ1n) is 8.53. The number of fused-ring (bicyclic) bond motifs is 1. The van der Waals surface area contributed by atoms with Gasteiger partial charge in [0, 0.05) is 32.1 Å². The quantitative estimate of drug-likeness (QED) is 0.601. The number of amides is 1. The fourth-order valence-electron chi connectivity index (χ4n) is 3.01. The van der Waals surface area contributed by atoms with Crippen molar-refractivity contribution in [1.82, 2.24) is 19.6 Å². The molecule has 0 spiro atoms. The lowest BCUT2D eigenvalue weighted by Gasteiger charge is -2.08. The predicted octanol–water partition coefficient (Wildman–Crippen LogP) is 3.72. The van der Waals surface area contributed by atoms with E-state index in [0.29, 0.717) is 5.69 Å². The molecule has 4 aromatic rings. The van der Waals surface area contributed by atoms with E-state index in [9.17, 15) is 4.79 Å². The van der Waals surface area contributed by atoms with Gasteiger partial charge in [0.1, 0.15) is 12.1 Å². The van der Waals surface area contributed by atoms with Gasteiger partial charge in [-0.05, 0) is 23.3 Å². The highest BCUT2D eigenvalue weighted by Crippen LogP contribution is 2.27. The number of carbonyl (C=O) groups is 1. The first-order chi connectivity index (χ1) is 13.1. The molecule has 0 aliphatic rings. The number of nitrogens with one attached hydrogen (secondary N) is 1. The van der Waals surface area contributed by atoms with Gasteiger partial charge in [-0.25, -0.2) is 9.48 Å². The predicted molar refractivity (Wildman–Crippen MR) is 103 cm³/mol. The van der Waals surface area contributed by atoms with Crippen LogP contribution in [0.15, 0.2) is 60.9 Å². The molecular formula is C20H19N5O2. The van der Waals surface area contributed by atoms with Crippen LogP contribution in [-0.4, -0.2) is 25.7 Å². The van der Waals surface area contributed by atoms with Gasteiger partial charge in [-0.15, -0.1) is 5.10 Å². The molecule has 1 N–H and O–H groups in total.